The number of carbonyl (C=O) groups is 1. The van der Waals surface area contributed by atoms with Gasteiger partial charge in [-0.25, -0.2) is 0 Å². The number of carbonyl (C=O) groups excluding carboxylic acids is 1. The lowest BCUT2D eigenvalue weighted by atomic mass is 9.99. The minimum absolute atomic E-state index is 0.0289. The van der Waals surface area contributed by atoms with Crippen molar-refractivity contribution in [1.29, 1.82) is 0 Å². The van der Waals surface area contributed by atoms with E-state index in [9.17, 15) is 4.79 Å². The summed E-state index contributed by atoms with van der Waals surface area (Å²) in [5.74, 6) is 0.0289. The Bertz CT molecular complexity index is 624. The van der Waals surface area contributed by atoms with E-state index in [-0.39, 0.29) is 5.78 Å². The largest absolute Gasteiger partial charge is 0.399 e. The molecule has 94 valence electrons. The molecule has 0 bridgehead atoms. The molecule has 3 nitrogen and oxygen atoms in total. The molecule has 3 heteroatoms. The molecule has 0 unspecified atom stereocenters. The van der Waals surface area contributed by atoms with Crippen molar-refractivity contribution in [1.82, 2.24) is 4.98 Å². The molecule has 0 fully saturated rings. The van der Waals surface area contributed by atoms with E-state index >= 15 is 0 Å². The van der Waals surface area contributed by atoms with Gasteiger partial charge in [0.05, 0.1) is 5.69 Å². The Morgan fingerprint density at radius 3 is 2.28 bits per heavy atom. The van der Waals surface area contributed by atoms with Gasteiger partial charge in [-0.05, 0) is 62.6 Å². The third-order valence-electron chi connectivity index (χ3n) is 3.53. The Hall–Kier alpha value is -2.03. The van der Waals surface area contributed by atoms with E-state index in [0.29, 0.717) is 16.9 Å². The highest BCUT2D eigenvalue weighted by atomic mass is 16.1. The highest BCUT2D eigenvalue weighted by Crippen LogP contribution is 2.22. The van der Waals surface area contributed by atoms with Gasteiger partial charge >= 0.3 is 0 Å². The molecular weight excluding hydrogens is 224 g/mol. The number of ketones is 1. The number of nitrogens with two attached hydrogens (primary N) is 1. The van der Waals surface area contributed by atoms with Gasteiger partial charge in [0.1, 0.15) is 0 Å². The molecule has 1 heterocycles. The average Bonchev–Trinajstić information content (AvgIpc) is 2.56. The van der Waals surface area contributed by atoms with E-state index in [4.69, 9.17) is 5.73 Å². The van der Waals surface area contributed by atoms with Crippen molar-refractivity contribution in [3.05, 3.63) is 51.8 Å². The maximum absolute atomic E-state index is 12.5. The summed E-state index contributed by atoms with van der Waals surface area (Å²) < 4.78 is 0. The number of nitrogens with one attached hydrogen (secondary N) is 1. The third kappa shape index (κ3) is 1.92. The summed E-state index contributed by atoms with van der Waals surface area (Å²) in [6.45, 7) is 7.88. The lowest BCUT2D eigenvalue weighted by Crippen LogP contribution is -2.06. The maximum atomic E-state index is 12.5. The van der Waals surface area contributed by atoms with E-state index in [2.05, 4.69) is 4.98 Å². The van der Waals surface area contributed by atoms with Gasteiger partial charge in [0.2, 0.25) is 5.78 Å². The zero-order chi connectivity index (χ0) is 13.4. The number of benzene rings is 1. The molecule has 3 N–H and O–H groups in total. The number of H-pyrrole nitrogens is 1. The monoisotopic (exact) mass is 242 g/mol. The second kappa shape index (κ2) is 4.33. The number of hydrogen-bond acceptors (Lipinski definition) is 2. The van der Waals surface area contributed by atoms with Gasteiger partial charge in [0.25, 0.3) is 0 Å². The van der Waals surface area contributed by atoms with Crippen molar-refractivity contribution in [2.45, 2.75) is 27.7 Å². The summed E-state index contributed by atoms with van der Waals surface area (Å²) in [4.78, 5) is 15.7. The lowest BCUT2D eigenvalue weighted by Gasteiger charge is -2.05. The fourth-order valence-electron chi connectivity index (χ4n) is 2.15. The van der Waals surface area contributed by atoms with Crippen molar-refractivity contribution in [3.8, 4) is 0 Å². The van der Waals surface area contributed by atoms with Crippen molar-refractivity contribution in [2.24, 2.45) is 0 Å². The number of nitrogen functional groups attached to an aromatic ring is 1. The smallest absolute Gasteiger partial charge is 0.209 e. The number of rotatable bonds is 2. The van der Waals surface area contributed by atoms with Gasteiger partial charge in [-0.2, -0.15) is 0 Å². The summed E-state index contributed by atoms with van der Waals surface area (Å²) in [6.07, 6.45) is 0. The fraction of sp³-hybridized carbons (Fsp3) is 0.267. The molecule has 0 amide bonds. The first kappa shape index (κ1) is 12.4. The standard InChI is InChI=1S/C15H18N2O/c1-8-7-12(16)5-6-13(8)15(18)14-10(3)9(2)11(4)17-14/h5-7,17H,16H2,1-4H3. The second-order valence-corrected chi connectivity index (χ2v) is 4.78. The second-order valence-electron chi connectivity index (χ2n) is 4.78. The highest BCUT2D eigenvalue weighted by Gasteiger charge is 2.18. The average molecular weight is 242 g/mol. The maximum Gasteiger partial charge on any atom is 0.209 e. The van der Waals surface area contributed by atoms with E-state index < -0.39 is 0 Å². The van der Waals surface area contributed by atoms with Crippen LogP contribution >= 0.6 is 0 Å². The molecule has 0 aliphatic carbocycles. The van der Waals surface area contributed by atoms with Crippen LogP contribution in [0.1, 0.15) is 38.4 Å². The van der Waals surface area contributed by atoms with Gasteiger partial charge in [0, 0.05) is 16.9 Å². The lowest BCUT2D eigenvalue weighted by molar-refractivity contribution is 0.103. The molecule has 0 aliphatic heterocycles. The number of hydrogen-bond donors (Lipinski definition) is 2. The van der Waals surface area contributed by atoms with E-state index in [1.165, 1.54) is 0 Å². The van der Waals surface area contributed by atoms with Crippen LogP contribution in [0.15, 0.2) is 18.2 Å². The molecule has 0 aliphatic rings. The van der Waals surface area contributed by atoms with Crippen LogP contribution in [-0.4, -0.2) is 10.8 Å². The summed E-state index contributed by atoms with van der Waals surface area (Å²) in [7, 11) is 0. The Labute approximate surface area is 107 Å². The van der Waals surface area contributed by atoms with Gasteiger partial charge in [-0.3, -0.25) is 4.79 Å². The Kier molecular flexibility index (Phi) is 2.99. The number of aromatic amines is 1. The number of aromatic nitrogens is 1. The first-order chi connectivity index (χ1) is 8.41. The van der Waals surface area contributed by atoms with Crippen LogP contribution in [0.2, 0.25) is 0 Å². The molecule has 1 aromatic carbocycles. The molecular formula is C15H18N2O. The van der Waals surface area contributed by atoms with Crippen LogP contribution in [0.3, 0.4) is 0 Å². The van der Waals surface area contributed by atoms with Crippen LogP contribution in [0, 0.1) is 27.7 Å². The van der Waals surface area contributed by atoms with E-state index in [1.54, 1.807) is 12.1 Å². The van der Waals surface area contributed by atoms with Crippen LogP contribution in [0.25, 0.3) is 0 Å². The van der Waals surface area contributed by atoms with E-state index in [1.807, 2.05) is 33.8 Å². The van der Waals surface area contributed by atoms with Gasteiger partial charge in [-0.1, -0.05) is 0 Å². The molecule has 1 aromatic heterocycles. The number of anilines is 1. The minimum atomic E-state index is 0.0289. The van der Waals surface area contributed by atoms with Crippen molar-refractivity contribution >= 4 is 11.5 Å². The molecule has 0 atom stereocenters. The van der Waals surface area contributed by atoms with Crippen LogP contribution in [0.5, 0.6) is 0 Å². The molecule has 18 heavy (non-hydrogen) atoms. The zero-order valence-electron chi connectivity index (χ0n) is 11.2. The minimum Gasteiger partial charge on any atom is -0.399 e. The van der Waals surface area contributed by atoms with Gasteiger partial charge in [0.15, 0.2) is 0 Å². The van der Waals surface area contributed by atoms with Crippen LogP contribution in [0.4, 0.5) is 5.69 Å². The quantitative estimate of drug-likeness (QED) is 0.628. The molecule has 2 rings (SSSR count). The molecule has 0 radical (unpaired) electrons. The third-order valence-corrected chi connectivity index (χ3v) is 3.53. The van der Waals surface area contributed by atoms with E-state index in [0.717, 1.165) is 22.4 Å². The molecule has 0 saturated carbocycles. The Morgan fingerprint density at radius 1 is 1.11 bits per heavy atom. The SMILES string of the molecule is Cc1cc(N)ccc1C(=O)c1[nH]c(C)c(C)c1C. The fourth-order valence-corrected chi connectivity index (χ4v) is 2.15. The highest BCUT2D eigenvalue weighted by molar-refractivity contribution is 6.10. The summed E-state index contributed by atoms with van der Waals surface area (Å²) in [5.41, 5.74) is 11.9. The first-order valence-corrected chi connectivity index (χ1v) is 5.98. The number of aryl methyl sites for hydroxylation is 2. The summed E-state index contributed by atoms with van der Waals surface area (Å²) >= 11 is 0. The van der Waals surface area contributed by atoms with Crippen LogP contribution < -0.4 is 5.73 Å². The first-order valence-electron chi connectivity index (χ1n) is 5.98. The van der Waals surface area contributed by atoms with Crippen LogP contribution in [-0.2, 0) is 0 Å². The Morgan fingerprint density at radius 2 is 1.78 bits per heavy atom. The molecule has 0 saturated heterocycles. The summed E-state index contributed by atoms with van der Waals surface area (Å²) in [5, 5.41) is 0. The van der Waals surface area contributed by atoms with Crippen molar-refractivity contribution in [2.75, 3.05) is 5.73 Å². The molecule has 0 spiro atoms. The summed E-state index contributed by atoms with van der Waals surface area (Å²) in [6, 6.07) is 5.38. The van der Waals surface area contributed by atoms with Crippen molar-refractivity contribution < 1.29 is 4.79 Å². The van der Waals surface area contributed by atoms with Gasteiger partial charge < -0.3 is 10.7 Å². The normalized spacial score (nSPS) is 10.7. The molecule has 2 aromatic rings. The van der Waals surface area contributed by atoms with Crippen molar-refractivity contribution in [3.63, 3.8) is 0 Å². The predicted octanol–water partition coefficient (Wildman–Crippen LogP) is 3.06. The predicted molar refractivity (Wildman–Crippen MR) is 74.0 cm³/mol. The Balaban J connectivity index is 2.51. The zero-order valence-corrected chi connectivity index (χ0v) is 11.2. The van der Waals surface area contributed by atoms with Gasteiger partial charge in [-0.15, -0.1) is 0 Å². The topological polar surface area (TPSA) is 58.9 Å².